The maximum absolute atomic E-state index is 13.0. The monoisotopic (exact) mass is 434 g/mol. The smallest absolute Gasteiger partial charge is 0.263 e. The molecule has 32 heavy (non-hydrogen) atoms. The first-order valence-corrected chi connectivity index (χ1v) is 11.0. The zero-order valence-corrected chi connectivity index (χ0v) is 18.9. The third-order valence-corrected chi connectivity index (χ3v) is 5.14. The largest absolute Gasteiger partial charge is 0.484 e. The van der Waals surface area contributed by atoms with Gasteiger partial charge in [0.25, 0.3) is 11.8 Å². The van der Waals surface area contributed by atoms with Gasteiger partial charge < -0.3 is 15.0 Å². The first-order valence-electron chi connectivity index (χ1n) is 11.0. The summed E-state index contributed by atoms with van der Waals surface area (Å²) in [7, 11) is 0. The summed E-state index contributed by atoms with van der Waals surface area (Å²) < 4.78 is 7.21. The number of anilines is 1. The van der Waals surface area contributed by atoms with Gasteiger partial charge in [-0.2, -0.15) is 5.10 Å². The van der Waals surface area contributed by atoms with Crippen LogP contribution in [0.5, 0.6) is 5.75 Å². The van der Waals surface area contributed by atoms with Gasteiger partial charge in [-0.1, -0.05) is 43.7 Å². The third kappa shape index (κ3) is 5.55. The Morgan fingerprint density at radius 1 is 1.00 bits per heavy atom. The van der Waals surface area contributed by atoms with Crippen molar-refractivity contribution in [1.29, 1.82) is 0 Å². The lowest BCUT2D eigenvalue weighted by Gasteiger charge is -2.19. The minimum atomic E-state index is -0.367. The van der Waals surface area contributed by atoms with E-state index in [0.717, 1.165) is 18.5 Å². The molecule has 7 nitrogen and oxygen atoms in total. The summed E-state index contributed by atoms with van der Waals surface area (Å²) in [6.07, 6.45) is 3.58. The minimum Gasteiger partial charge on any atom is -0.484 e. The number of aryl methyl sites for hydroxylation is 1. The zero-order valence-electron chi connectivity index (χ0n) is 18.9. The van der Waals surface area contributed by atoms with Crippen LogP contribution >= 0.6 is 0 Å². The summed E-state index contributed by atoms with van der Waals surface area (Å²) in [6, 6.07) is 17.1. The zero-order chi connectivity index (χ0) is 22.9. The molecule has 1 aromatic heterocycles. The van der Waals surface area contributed by atoms with Crippen molar-refractivity contribution in [3.8, 4) is 11.4 Å². The molecule has 3 rings (SSSR count). The second-order valence-electron chi connectivity index (χ2n) is 7.36. The van der Waals surface area contributed by atoms with Gasteiger partial charge in [0.2, 0.25) is 0 Å². The van der Waals surface area contributed by atoms with Crippen LogP contribution in [-0.4, -0.2) is 46.2 Å². The Hall–Kier alpha value is -3.61. The first-order chi connectivity index (χ1) is 15.6. The number of nitrogens with zero attached hydrogens (tertiary/aromatic N) is 3. The Kier molecular flexibility index (Phi) is 8.02. The van der Waals surface area contributed by atoms with Gasteiger partial charge in [0, 0.05) is 13.1 Å². The van der Waals surface area contributed by atoms with Crippen molar-refractivity contribution >= 4 is 17.6 Å². The fourth-order valence-corrected chi connectivity index (χ4v) is 3.43. The number of para-hydroxylation sites is 1. The van der Waals surface area contributed by atoms with Crippen molar-refractivity contribution in [2.75, 3.05) is 25.0 Å². The van der Waals surface area contributed by atoms with Crippen molar-refractivity contribution in [3.05, 3.63) is 71.9 Å². The molecular formula is C25H30N4O3. The van der Waals surface area contributed by atoms with Crippen LogP contribution in [0.3, 0.4) is 0 Å². The van der Waals surface area contributed by atoms with Crippen LogP contribution in [-0.2, 0) is 11.2 Å². The lowest BCUT2D eigenvalue weighted by molar-refractivity contribution is -0.118. The second-order valence-corrected chi connectivity index (χ2v) is 7.36. The Morgan fingerprint density at radius 2 is 1.69 bits per heavy atom. The van der Waals surface area contributed by atoms with E-state index < -0.39 is 0 Å². The van der Waals surface area contributed by atoms with E-state index in [1.165, 1.54) is 11.8 Å². The first kappa shape index (κ1) is 23.1. The summed E-state index contributed by atoms with van der Waals surface area (Å²) in [5.74, 6) is 0.407. The molecule has 3 aromatic rings. The van der Waals surface area contributed by atoms with Crippen LogP contribution in [0, 0.1) is 0 Å². The topological polar surface area (TPSA) is 76.5 Å². The number of carbonyl (C=O) groups is 2. The number of hydrogen-bond donors (Lipinski definition) is 1. The number of carbonyl (C=O) groups excluding carboxylic acids is 2. The van der Waals surface area contributed by atoms with Crippen LogP contribution in [0.4, 0.5) is 5.82 Å². The quantitative estimate of drug-likeness (QED) is 0.515. The SMILES string of the molecule is CCCc1ccc(OCC(=O)Nc2c(C(=O)N(CC)CC)cnn2-c2ccccc2)cc1. The van der Waals surface area contributed by atoms with Crippen molar-refractivity contribution in [3.63, 3.8) is 0 Å². The van der Waals surface area contributed by atoms with Crippen LogP contribution < -0.4 is 10.1 Å². The van der Waals surface area contributed by atoms with Crippen LogP contribution in [0.1, 0.15) is 43.1 Å². The Bertz CT molecular complexity index is 1030. The molecule has 2 aromatic carbocycles. The normalized spacial score (nSPS) is 10.6. The van der Waals surface area contributed by atoms with Gasteiger partial charge in [-0.25, -0.2) is 4.68 Å². The second kappa shape index (κ2) is 11.1. The molecule has 1 heterocycles. The van der Waals surface area contributed by atoms with E-state index in [1.54, 1.807) is 9.58 Å². The number of aromatic nitrogens is 2. The summed E-state index contributed by atoms with van der Waals surface area (Å²) >= 11 is 0. The standard InChI is InChI=1S/C25H30N4O3/c1-4-10-19-13-15-21(16-14-19)32-18-23(30)27-24-22(25(31)28(5-2)6-3)17-26-29(24)20-11-8-7-9-12-20/h7-9,11-17H,4-6,10,18H2,1-3H3,(H,27,30). The fraction of sp³-hybridized carbons (Fsp3) is 0.320. The number of amides is 2. The third-order valence-electron chi connectivity index (χ3n) is 5.14. The van der Waals surface area contributed by atoms with Crippen LogP contribution in [0.2, 0.25) is 0 Å². The van der Waals surface area contributed by atoms with E-state index in [0.29, 0.717) is 30.2 Å². The fourth-order valence-electron chi connectivity index (χ4n) is 3.43. The maximum atomic E-state index is 13.0. The molecule has 0 fully saturated rings. The van der Waals surface area contributed by atoms with Gasteiger partial charge in [0.15, 0.2) is 6.61 Å². The molecule has 0 radical (unpaired) electrons. The van der Waals surface area contributed by atoms with Gasteiger partial charge in [-0.3, -0.25) is 9.59 Å². The molecule has 0 bridgehead atoms. The van der Waals surface area contributed by atoms with E-state index >= 15 is 0 Å². The summed E-state index contributed by atoms with van der Waals surface area (Å²) in [4.78, 5) is 27.4. The van der Waals surface area contributed by atoms with E-state index in [2.05, 4.69) is 17.3 Å². The molecule has 0 spiro atoms. The van der Waals surface area contributed by atoms with E-state index in [9.17, 15) is 9.59 Å². The van der Waals surface area contributed by atoms with Crippen molar-refractivity contribution in [2.24, 2.45) is 0 Å². The molecule has 2 amide bonds. The molecule has 0 atom stereocenters. The van der Waals surface area contributed by atoms with Crippen LogP contribution in [0.25, 0.3) is 5.69 Å². The Morgan fingerprint density at radius 3 is 2.31 bits per heavy atom. The van der Waals surface area contributed by atoms with Gasteiger partial charge in [0.05, 0.1) is 11.9 Å². The molecule has 0 aliphatic heterocycles. The van der Waals surface area contributed by atoms with Crippen molar-refractivity contribution in [2.45, 2.75) is 33.6 Å². The van der Waals surface area contributed by atoms with Gasteiger partial charge in [-0.05, 0) is 50.1 Å². The minimum absolute atomic E-state index is 0.175. The number of rotatable bonds is 10. The summed E-state index contributed by atoms with van der Waals surface area (Å²) in [6.45, 7) is 6.93. The van der Waals surface area contributed by atoms with Crippen LogP contribution in [0.15, 0.2) is 60.8 Å². The molecule has 1 N–H and O–H groups in total. The molecule has 0 saturated carbocycles. The number of ether oxygens (including phenoxy) is 1. The molecular weight excluding hydrogens is 404 g/mol. The highest BCUT2D eigenvalue weighted by atomic mass is 16.5. The number of nitrogens with one attached hydrogen (secondary N) is 1. The maximum Gasteiger partial charge on any atom is 0.263 e. The predicted octanol–water partition coefficient (Wildman–Crippen LogP) is 4.32. The highest BCUT2D eigenvalue weighted by Gasteiger charge is 2.23. The number of hydrogen-bond acceptors (Lipinski definition) is 4. The highest BCUT2D eigenvalue weighted by Crippen LogP contribution is 2.22. The average molecular weight is 435 g/mol. The van der Waals surface area contributed by atoms with Gasteiger partial charge in [0.1, 0.15) is 17.1 Å². The average Bonchev–Trinajstić information content (AvgIpc) is 3.23. The van der Waals surface area contributed by atoms with E-state index in [-0.39, 0.29) is 18.4 Å². The predicted molar refractivity (Wildman–Crippen MR) is 125 cm³/mol. The molecule has 0 aliphatic rings. The van der Waals surface area contributed by atoms with Gasteiger partial charge in [-0.15, -0.1) is 0 Å². The molecule has 0 saturated heterocycles. The summed E-state index contributed by atoms with van der Waals surface area (Å²) in [5, 5.41) is 7.20. The lowest BCUT2D eigenvalue weighted by Crippen LogP contribution is -2.31. The van der Waals surface area contributed by atoms with E-state index in [4.69, 9.17) is 4.74 Å². The van der Waals surface area contributed by atoms with Gasteiger partial charge >= 0.3 is 0 Å². The Balaban J connectivity index is 1.79. The molecule has 0 unspecified atom stereocenters. The molecule has 0 aliphatic carbocycles. The van der Waals surface area contributed by atoms with Crippen molar-refractivity contribution < 1.29 is 14.3 Å². The molecule has 7 heteroatoms. The number of benzene rings is 2. The molecule has 168 valence electrons. The van der Waals surface area contributed by atoms with E-state index in [1.807, 2.05) is 68.4 Å². The highest BCUT2D eigenvalue weighted by molar-refractivity contribution is 6.03. The van der Waals surface area contributed by atoms with Crippen molar-refractivity contribution in [1.82, 2.24) is 14.7 Å². The summed E-state index contributed by atoms with van der Waals surface area (Å²) in [5.41, 5.74) is 2.32. The lowest BCUT2D eigenvalue weighted by atomic mass is 10.1. The Labute approximate surface area is 189 Å².